The van der Waals surface area contributed by atoms with Gasteiger partial charge in [0.25, 0.3) is 0 Å². The Bertz CT molecular complexity index is 376. The molecule has 1 unspecified atom stereocenters. The summed E-state index contributed by atoms with van der Waals surface area (Å²) in [5.74, 6) is 0. The van der Waals surface area contributed by atoms with Crippen LogP contribution in [0, 0.1) is 5.41 Å². The molecule has 0 fully saturated rings. The molecule has 110 valence electrons. The smallest absolute Gasteiger partial charge is 0.0521 e. The molecule has 1 N–H and O–H groups in total. The Kier molecular flexibility index (Phi) is 5.60. The van der Waals surface area contributed by atoms with Crippen LogP contribution < -0.4 is 5.32 Å². The van der Waals surface area contributed by atoms with Gasteiger partial charge in [0.2, 0.25) is 0 Å². The van der Waals surface area contributed by atoms with Gasteiger partial charge >= 0.3 is 0 Å². The maximum atomic E-state index is 4.38. The lowest BCUT2D eigenvalue weighted by atomic mass is 9.79. The van der Waals surface area contributed by atoms with Gasteiger partial charge in [-0.3, -0.25) is 4.68 Å². The molecule has 0 saturated heterocycles. The topological polar surface area (TPSA) is 29.9 Å². The van der Waals surface area contributed by atoms with Gasteiger partial charge in [-0.1, -0.05) is 20.3 Å². The minimum atomic E-state index is 0.183. The van der Waals surface area contributed by atoms with Crippen molar-refractivity contribution >= 4 is 0 Å². The monoisotopic (exact) mass is 265 g/mol. The molecule has 19 heavy (non-hydrogen) atoms. The summed E-state index contributed by atoms with van der Waals surface area (Å²) in [5, 5.41) is 8.05. The highest BCUT2D eigenvalue weighted by molar-refractivity contribution is 5.07. The molecule has 0 radical (unpaired) electrons. The number of hydrogen-bond donors (Lipinski definition) is 1. The fraction of sp³-hybridized carbons (Fsp3) is 0.812. The molecule has 3 nitrogen and oxygen atoms in total. The lowest BCUT2D eigenvalue weighted by Gasteiger charge is -2.33. The maximum Gasteiger partial charge on any atom is 0.0521 e. The molecule has 1 atom stereocenters. The minimum Gasteiger partial charge on any atom is -0.312 e. The van der Waals surface area contributed by atoms with Crippen molar-refractivity contribution in [2.24, 2.45) is 5.41 Å². The first-order valence-electron chi connectivity index (χ1n) is 7.54. The van der Waals surface area contributed by atoms with E-state index >= 15 is 0 Å². The molecule has 0 aliphatic heterocycles. The van der Waals surface area contributed by atoms with Crippen LogP contribution in [0.3, 0.4) is 0 Å². The molecule has 0 aliphatic carbocycles. The number of rotatable bonds is 7. The summed E-state index contributed by atoms with van der Waals surface area (Å²) in [6, 6.07) is 0. The number of aromatic nitrogens is 2. The Hall–Kier alpha value is -0.830. The van der Waals surface area contributed by atoms with Gasteiger partial charge in [0.15, 0.2) is 0 Å². The van der Waals surface area contributed by atoms with Crippen LogP contribution in [0.4, 0.5) is 0 Å². The largest absolute Gasteiger partial charge is 0.312 e. The van der Waals surface area contributed by atoms with E-state index in [4.69, 9.17) is 0 Å². The second-order valence-electron chi connectivity index (χ2n) is 7.05. The van der Waals surface area contributed by atoms with Crippen molar-refractivity contribution in [3.05, 3.63) is 18.0 Å². The zero-order valence-corrected chi connectivity index (χ0v) is 13.6. The molecule has 1 heterocycles. The van der Waals surface area contributed by atoms with Gasteiger partial charge in [0.05, 0.1) is 6.20 Å². The molecule has 1 aromatic heterocycles. The van der Waals surface area contributed by atoms with Crippen LogP contribution in [0.1, 0.15) is 59.9 Å². The molecule has 1 aromatic rings. The van der Waals surface area contributed by atoms with Gasteiger partial charge in [-0.2, -0.15) is 5.10 Å². The van der Waals surface area contributed by atoms with E-state index in [9.17, 15) is 0 Å². The van der Waals surface area contributed by atoms with Gasteiger partial charge in [0.1, 0.15) is 0 Å². The number of hydrogen-bond acceptors (Lipinski definition) is 2. The van der Waals surface area contributed by atoms with Gasteiger partial charge in [0, 0.05) is 24.8 Å². The van der Waals surface area contributed by atoms with Crippen LogP contribution in [-0.4, -0.2) is 21.9 Å². The van der Waals surface area contributed by atoms with E-state index in [1.165, 1.54) is 18.4 Å². The molecular weight excluding hydrogens is 234 g/mol. The molecule has 0 spiro atoms. The van der Waals surface area contributed by atoms with E-state index in [0.29, 0.717) is 5.41 Å². The van der Waals surface area contributed by atoms with Crippen LogP contribution in [-0.2, 0) is 13.0 Å². The van der Waals surface area contributed by atoms with Crippen LogP contribution in [0.2, 0.25) is 0 Å². The van der Waals surface area contributed by atoms with Crippen molar-refractivity contribution < 1.29 is 0 Å². The summed E-state index contributed by atoms with van der Waals surface area (Å²) in [5.41, 5.74) is 1.85. The van der Waals surface area contributed by atoms with Crippen molar-refractivity contribution in [2.45, 2.75) is 72.9 Å². The summed E-state index contributed by atoms with van der Waals surface area (Å²) in [7, 11) is 0. The zero-order chi connectivity index (χ0) is 14.5. The first-order valence-corrected chi connectivity index (χ1v) is 7.54. The minimum absolute atomic E-state index is 0.183. The molecule has 0 amide bonds. The fourth-order valence-electron chi connectivity index (χ4n) is 2.48. The summed E-state index contributed by atoms with van der Waals surface area (Å²) >= 11 is 0. The predicted octanol–water partition coefficient (Wildman–Crippen LogP) is 3.64. The Morgan fingerprint density at radius 3 is 2.37 bits per heavy atom. The third kappa shape index (κ3) is 5.77. The Morgan fingerprint density at radius 2 is 1.89 bits per heavy atom. The number of aryl methyl sites for hydroxylation is 1. The van der Waals surface area contributed by atoms with E-state index in [2.05, 4.69) is 58.2 Å². The van der Waals surface area contributed by atoms with E-state index in [0.717, 1.165) is 19.5 Å². The van der Waals surface area contributed by atoms with Crippen molar-refractivity contribution in [3.8, 4) is 0 Å². The average molecular weight is 265 g/mol. The van der Waals surface area contributed by atoms with Crippen molar-refractivity contribution in [2.75, 3.05) is 6.54 Å². The van der Waals surface area contributed by atoms with Gasteiger partial charge < -0.3 is 5.32 Å². The second-order valence-corrected chi connectivity index (χ2v) is 7.05. The average Bonchev–Trinajstić information content (AvgIpc) is 2.73. The first kappa shape index (κ1) is 16.2. The lowest BCUT2D eigenvalue weighted by molar-refractivity contribution is 0.243. The highest BCUT2D eigenvalue weighted by Gasteiger charge is 2.26. The fourth-order valence-corrected chi connectivity index (χ4v) is 2.48. The molecule has 0 aliphatic rings. The summed E-state index contributed by atoms with van der Waals surface area (Å²) in [6.45, 7) is 15.5. The van der Waals surface area contributed by atoms with E-state index in [1.54, 1.807) is 0 Å². The SMILES string of the molecule is CCCC(C)(CNC(C)(C)C)Cc1cnn(CC)c1. The quantitative estimate of drug-likeness (QED) is 0.815. The zero-order valence-electron chi connectivity index (χ0n) is 13.6. The van der Waals surface area contributed by atoms with Crippen molar-refractivity contribution in [1.29, 1.82) is 0 Å². The van der Waals surface area contributed by atoms with Gasteiger partial charge in [-0.05, 0) is 51.5 Å². The van der Waals surface area contributed by atoms with E-state index in [-0.39, 0.29) is 5.54 Å². The van der Waals surface area contributed by atoms with Gasteiger partial charge in [-0.25, -0.2) is 0 Å². The number of nitrogens with one attached hydrogen (secondary N) is 1. The molecular formula is C16H31N3. The highest BCUT2D eigenvalue weighted by Crippen LogP contribution is 2.28. The van der Waals surface area contributed by atoms with Crippen molar-refractivity contribution in [1.82, 2.24) is 15.1 Å². The molecule has 0 aromatic carbocycles. The predicted molar refractivity (Wildman–Crippen MR) is 82.4 cm³/mol. The number of nitrogens with zero attached hydrogens (tertiary/aromatic N) is 2. The normalized spacial score (nSPS) is 15.5. The van der Waals surface area contributed by atoms with E-state index in [1.807, 2.05) is 10.9 Å². The summed E-state index contributed by atoms with van der Waals surface area (Å²) in [6.07, 6.45) is 7.78. The summed E-state index contributed by atoms with van der Waals surface area (Å²) in [4.78, 5) is 0. The maximum absolute atomic E-state index is 4.38. The van der Waals surface area contributed by atoms with Crippen LogP contribution in [0.25, 0.3) is 0 Å². The highest BCUT2D eigenvalue weighted by atomic mass is 15.3. The van der Waals surface area contributed by atoms with Crippen molar-refractivity contribution in [3.63, 3.8) is 0 Å². The standard InChI is InChI=1S/C16H31N3/c1-7-9-16(6,13-17-15(3,4)5)10-14-11-18-19(8-2)12-14/h11-12,17H,7-10,13H2,1-6H3. The lowest BCUT2D eigenvalue weighted by Crippen LogP contribution is -2.43. The molecule has 3 heteroatoms. The summed E-state index contributed by atoms with van der Waals surface area (Å²) < 4.78 is 2.01. The van der Waals surface area contributed by atoms with Gasteiger partial charge in [-0.15, -0.1) is 0 Å². The Morgan fingerprint density at radius 1 is 1.21 bits per heavy atom. The Labute approximate surface area is 118 Å². The molecule has 0 bridgehead atoms. The second kappa shape index (κ2) is 6.56. The van der Waals surface area contributed by atoms with Crippen LogP contribution in [0.15, 0.2) is 12.4 Å². The Balaban J connectivity index is 2.69. The van der Waals surface area contributed by atoms with E-state index < -0.39 is 0 Å². The first-order chi connectivity index (χ1) is 8.78. The third-order valence-electron chi connectivity index (χ3n) is 3.54. The van der Waals surface area contributed by atoms with Crippen LogP contribution in [0.5, 0.6) is 0 Å². The third-order valence-corrected chi connectivity index (χ3v) is 3.54. The molecule has 0 saturated carbocycles. The molecule has 1 rings (SSSR count). The van der Waals surface area contributed by atoms with Crippen LogP contribution >= 0.6 is 0 Å².